The molecule has 0 aliphatic carbocycles. The fraction of sp³-hybridized carbons (Fsp3) is 0.143. The lowest BCUT2D eigenvalue weighted by molar-refractivity contribution is -0.115. The maximum absolute atomic E-state index is 13.6. The molecule has 2 aromatic rings. The third kappa shape index (κ3) is 2.92. The maximum atomic E-state index is 13.6. The average Bonchev–Trinajstić information content (AvgIpc) is 2.46. The number of sulfonamides is 1. The lowest BCUT2D eigenvalue weighted by Gasteiger charge is -2.09. The Kier molecular flexibility index (Phi) is 4.04. The molecular formula is C14H13FN2O3S. The van der Waals surface area contributed by atoms with Crippen LogP contribution in [0, 0.1) is 5.82 Å². The fourth-order valence-electron chi connectivity index (χ4n) is 1.73. The van der Waals surface area contributed by atoms with Crippen molar-refractivity contribution in [2.45, 2.75) is 18.7 Å². The van der Waals surface area contributed by atoms with Gasteiger partial charge in [-0.2, -0.15) is 0 Å². The first-order valence-electron chi connectivity index (χ1n) is 6.10. The highest BCUT2D eigenvalue weighted by atomic mass is 32.2. The molecule has 0 aliphatic heterocycles. The van der Waals surface area contributed by atoms with Crippen LogP contribution in [0.5, 0.6) is 0 Å². The van der Waals surface area contributed by atoms with Crippen LogP contribution in [0.4, 0.5) is 4.39 Å². The molecule has 1 N–H and O–H groups in total. The quantitative estimate of drug-likeness (QED) is 0.881. The van der Waals surface area contributed by atoms with Gasteiger partial charge in [-0.05, 0) is 38.1 Å². The smallest absolute Gasteiger partial charge is 0.264 e. The molecule has 1 amide bonds. The van der Waals surface area contributed by atoms with E-state index < -0.39 is 21.7 Å². The van der Waals surface area contributed by atoms with Crippen molar-refractivity contribution < 1.29 is 17.6 Å². The standard InChI is InChI=1S/C14H13FN2O3S/c1-3-9(2)14(18)17-21(19,20)12-7-6-11(15)13-10(12)5-4-8-16-13/h3-8H,1-2H3,(H,17,18)/b9-3-. The average molecular weight is 308 g/mol. The summed E-state index contributed by atoms with van der Waals surface area (Å²) in [5, 5.41) is 0.121. The molecule has 7 heteroatoms. The number of halogens is 1. The van der Waals surface area contributed by atoms with Crippen molar-refractivity contribution in [3.05, 3.63) is 47.9 Å². The Morgan fingerprint density at radius 1 is 1.33 bits per heavy atom. The molecule has 0 atom stereocenters. The molecule has 0 spiro atoms. The zero-order valence-corrected chi connectivity index (χ0v) is 12.2. The van der Waals surface area contributed by atoms with Gasteiger partial charge in [-0.1, -0.05) is 6.08 Å². The number of amides is 1. The number of hydrogen-bond donors (Lipinski definition) is 1. The van der Waals surface area contributed by atoms with Gasteiger partial charge in [0.1, 0.15) is 11.3 Å². The van der Waals surface area contributed by atoms with Crippen molar-refractivity contribution in [2.24, 2.45) is 0 Å². The Labute approximate surface area is 121 Å². The predicted octanol–water partition coefficient (Wildman–Crippen LogP) is 2.15. The summed E-state index contributed by atoms with van der Waals surface area (Å²) in [5.74, 6) is -1.35. The van der Waals surface area contributed by atoms with Crippen LogP contribution in [-0.4, -0.2) is 19.3 Å². The number of fused-ring (bicyclic) bond motifs is 1. The lowest BCUT2D eigenvalue weighted by atomic mass is 10.2. The van der Waals surface area contributed by atoms with Gasteiger partial charge in [0.15, 0.2) is 0 Å². The highest BCUT2D eigenvalue weighted by Gasteiger charge is 2.22. The second-order valence-electron chi connectivity index (χ2n) is 4.35. The van der Waals surface area contributed by atoms with Crippen molar-refractivity contribution in [1.29, 1.82) is 0 Å². The van der Waals surface area contributed by atoms with E-state index in [-0.39, 0.29) is 21.4 Å². The molecule has 21 heavy (non-hydrogen) atoms. The summed E-state index contributed by atoms with van der Waals surface area (Å²) < 4.78 is 40.2. The van der Waals surface area contributed by atoms with E-state index in [2.05, 4.69) is 4.98 Å². The number of carbonyl (C=O) groups is 1. The van der Waals surface area contributed by atoms with E-state index in [1.54, 1.807) is 6.92 Å². The van der Waals surface area contributed by atoms with Crippen molar-refractivity contribution in [3.8, 4) is 0 Å². The minimum atomic E-state index is -4.11. The number of hydrogen-bond acceptors (Lipinski definition) is 4. The number of rotatable bonds is 3. The Balaban J connectivity index is 2.56. The van der Waals surface area contributed by atoms with Crippen LogP contribution in [0.25, 0.3) is 10.9 Å². The summed E-state index contributed by atoms with van der Waals surface area (Å²) in [6.45, 7) is 3.12. The molecular weight excluding hydrogens is 295 g/mol. The molecule has 0 saturated carbocycles. The van der Waals surface area contributed by atoms with E-state index in [1.807, 2.05) is 4.72 Å². The van der Waals surface area contributed by atoms with E-state index in [9.17, 15) is 17.6 Å². The van der Waals surface area contributed by atoms with Crippen LogP contribution in [0.2, 0.25) is 0 Å². The molecule has 1 aromatic heterocycles. The number of aromatic nitrogens is 1. The van der Waals surface area contributed by atoms with Gasteiger partial charge in [-0.25, -0.2) is 17.5 Å². The zero-order valence-electron chi connectivity index (χ0n) is 11.4. The summed E-state index contributed by atoms with van der Waals surface area (Å²) >= 11 is 0. The van der Waals surface area contributed by atoms with Gasteiger partial charge in [-0.15, -0.1) is 0 Å². The highest BCUT2D eigenvalue weighted by molar-refractivity contribution is 7.90. The fourth-order valence-corrected chi connectivity index (χ4v) is 2.95. The number of benzene rings is 1. The normalized spacial score (nSPS) is 12.4. The largest absolute Gasteiger partial charge is 0.269 e. The van der Waals surface area contributed by atoms with Gasteiger partial charge in [0, 0.05) is 17.2 Å². The molecule has 0 aliphatic rings. The molecule has 0 fully saturated rings. The van der Waals surface area contributed by atoms with E-state index in [4.69, 9.17) is 0 Å². The van der Waals surface area contributed by atoms with Crippen LogP contribution in [0.1, 0.15) is 13.8 Å². The van der Waals surface area contributed by atoms with E-state index >= 15 is 0 Å². The summed E-state index contributed by atoms with van der Waals surface area (Å²) in [7, 11) is -4.11. The summed E-state index contributed by atoms with van der Waals surface area (Å²) in [6, 6.07) is 5.06. The van der Waals surface area contributed by atoms with Gasteiger partial charge in [-0.3, -0.25) is 9.78 Å². The van der Waals surface area contributed by atoms with Crippen molar-refractivity contribution in [1.82, 2.24) is 9.71 Å². The number of pyridine rings is 1. The molecule has 5 nitrogen and oxygen atoms in total. The summed E-state index contributed by atoms with van der Waals surface area (Å²) in [5.41, 5.74) is 0.207. The molecule has 2 rings (SSSR count). The second-order valence-corrected chi connectivity index (χ2v) is 6.00. The number of carbonyl (C=O) groups excluding carboxylic acids is 1. The van der Waals surface area contributed by atoms with Crippen molar-refractivity contribution in [3.63, 3.8) is 0 Å². The Morgan fingerprint density at radius 2 is 2.05 bits per heavy atom. The highest BCUT2D eigenvalue weighted by Crippen LogP contribution is 2.23. The maximum Gasteiger partial charge on any atom is 0.264 e. The first-order valence-corrected chi connectivity index (χ1v) is 7.58. The number of nitrogens with one attached hydrogen (secondary N) is 1. The van der Waals surface area contributed by atoms with E-state index in [1.165, 1.54) is 31.3 Å². The van der Waals surface area contributed by atoms with Crippen LogP contribution in [-0.2, 0) is 14.8 Å². The molecule has 1 heterocycles. The third-order valence-electron chi connectivity index (χ3n) is 2.99. The Morgan fingerprint density at radius 3 is 2.71 bits per heavy atom. The minimum absolute atomic E-state index is 0.0596. The first kappa shape index (κ1) is 15.1. The Bertz CT molecular complexity index is 844. The zero-order chi connectivity index (χ0) is 15.6. The van der Waals surface area contributed by atoms with E-state index in [0.717, 1.165) is 12.1 Å². The van der Waals surface area contributed by atoms with Crippen molar-refractivity contribution in [2.75, 3.05) is 0 Å². The predicted molar refractivity (Wildman–Crippen MR) is 76.5 cm³/mol. The lowest BCUT2D eigenvalue weighted by Crippen LogP contribution is -2.31. The Hall–Kier alpha value is -2.28. The van der Waals surface area contributed by atoms with Gasteiger partial charge in [0.2, 0.25) is 0 Å². The first-order chi connectivity index (χ1) is 9.86. The van der Waals surface area contributed by atoms with Crippen molar-refractivity contribution >= 4 is 26.8 Å². The van der Waals surface area contributed by atoms with Gasteiger partial charge < -0.3 is 0 Å². The van der Waals surface area contributed by atoms with Gasteiger partial charge in [0.05, 0.1) is 4.90 Å². The molecule has 0 bridgehead atoms. The monoisotopic (exact) mass is 308 g/mol. The van der Waals surface area contributed by atoms with Gasteiger partial charge in [0.25, 0.3) is 15.9 Å². The molecule has 1 aromatic carbocycles. The number of nitrogens with zero attached hydrogens (tertiary/aromatic N) is 1. The topological polar surface area (TPSA) is 76.1 Å². The molecule has 0 radical (unpaired) electrons. The molecule has 110 valence electrons. The van der Waals surface area contributed by atoms with Crippen LogP contribution < -0.4 is 4.72 Å². The SMILES string of the molecule is C/C=C(/C)C(=O)NS(=O)(=O)c1ccc(F)c2ncccc12. The summed E-state index contributed by atoms with van der Waals surface area (Å²) in [6.07, 6.45) is 2.86. The van der Waals surface area contributed by atoms with Crippen LogP contribution >= 0.6 is 0 Å². The minimum Gasteiger partial charge on any atom is -0.269 e. The van der Waals surface area contributed by atoms with Crippen LogP contribution in [0.15, 0.2) is 47.0 Å². The number of allylic oxidation sites excluding steroid dienone is 1. The van der Waals surface area contributed by atoms with Crippen LogP contribution in [0.3, 0.4) is 0 Å². The summed E-state index contributed by atoms with van der Waals surface area (Å²) in [4.78, 5) is 15.3. The third-order valence-corrected chi connectivity index (χ3v) is 4.38. The second kappa shape index (κ2) is 5.61. The van der Waals surface area contributed by atoms with E-state index in [0.29, 0.717) is 0 Å². The van der Waals surface area contributed by atoms with Gasteiger partial charge >= 0.3 is 0 Å². The molecule has 0 unspecified atom stereocenters. The molecule has 0 saturated heterocycles.